The molecular formula is C7H9ClN2O2S. The van der Waals surface area contributed by atoms with E-state index in [2.05, 4.69) is 10.2 Å². The lowest BCUT2D eigenvalue weighted by molar-refractivity contribution is 0.608. The van der Waals surface area contributed by atoms with Gasteiger partial charge in [-0.3, -0.25) is 5.10 Å². The van der Waals surface area contributed by atoms with Crippen LogP contribution in [0.15, 0.2) is 6.07 Å². The number of halogens is 1. The van der Waals surface area contributed by atoms with Crippen molar-refractivity contribution in [3.05, 3.63) is 17.5 Å². The fraction of sp³-hybridized carbons (Fsp3) is 0.571. The molecule has 0 aromatic carbocycles. The zero-order valence-electron chi connectivity index (χ0n) is 6.83. The van der Waals surface area contributed by atoms with E-state index in [0.717, 1.165) is 18.5 Å². The summed E-state index contributed by atoms with van der Waals surface area (Å²) < 4.78 is 21.4. The molecule has 0 unspecified atom stereocenters. The van der Waals surface area contributed by atoms with Crippen LogP contribution < -0.4 is 0 Å². The van der Waals surface area contributed by atoms with Crippen molar-refractivity contribution < 1.29 is 8.42 Å². The lowest BCUT2D eigenvalue weighted by Gasteiger charge is -1.89. The van der Waals surface area contributed by atoms with Crippen LogP contribution in [0.4, 0.5) is 0 Å². The molecule has 1 saturated carbocycles. The van der Waals surface area contributed by atoms with Gasteiger partial charge in [-0.25, -0.2) is 8.42 Å². The van der Waals surface area contributed by atoms with Crippen molar-refractivity contribution in [2.75, 3.05) is 0 Å². The van der Waals surface area contributed by atoms with Crippen LogP contribution in [0.5, 0.6) is 0 Å². The van der Waals surface area contributed by atoms with Gasteiger partial charge in [0, 0.05) is 16.6 Å². The Balaban J connectivity index is 2.13. The minimum atomic E-state index is -3.47. The van der Waals surface area contributed by atoms with Crippen LogP contribution in [0.3, 0.4) is 0 Å². The zero-order valence-corrected chi connectivity index (χ0v) is 8.40. The highest BCUT2D eigenvalue weighted by molar-refractivity contribution is 8.13. The molecule has 0 aliphatic heterocycles. The molecule has 0 bridgehead atoms. The predicted molar refractivity (Wildman–Crippen MR) is 49.0 cm³/mol. The number of hydrogen-bond donors (Lipinski definition) is 1. The number of aromatic amines is 1. The molecule has 1 aliphatic rings. The van der Waals surface area contributed by atoms with E-state index in [0.29, 0.717) is 11.6 Å². The highest BCUT2D eigenvalue weighted by Gasteiger charge is 2.26. The first-order valence-corrected chi connectivity index (χ1v) is 6.49. The van der Waals surface area contributed by atoms with Gasteiger partial charge in [0.05, 0.1) is 11.4 Å². The Morgan fingerprint density at radius 1 is 1.62 bits per heavy atom. The fourth-order valence-electron chi connectivity index (χ4n) is 1.23. The standard InChI is InChI=1S/C7H9ClN2O2S/c8-13(11,12)4-6-3-7(10-9-6)5-1-2-5/h3,5H,1-2,4H2,(H,9,10). The van der Waals surface area contributed by atoms with Gasteiger partial charge in [0.15, 0.2) is 0 Å². The van der Waals surface area contributed by atoms with Crippen LogP contribution in [0.25, 0.3) is 0 Å². The van der Waals surface area contributed by atoms with E-state index in [-0.39, 0.29) is 5.75 Å². The maximum absolute atomic E-state index is 10.7. The molecular weight excluding hydrogens is 212 g/mol. The highest BCUT2D eigenvalue weighted by atomic mass is 35.7. The Bertz CT molecular complexity index is 408. The van der Waals surface area contributed by atoms with E-state index in [1.807, 2.05) is 0 Å². The Hall–Kier alpha value is -0.550. The number of aromatic nitrogens is 2. The maximum Gasteiger partial charge on any atom is 0.238 e. The molecule has 0 spiro atoms. The number of nitrogens with zero attached hydrogens (tertiary/aromatic N) is 1. The van der Waals surface area contributed by atoms with Crippen LogP contribution in [0, 0.1) is 0 Å². The molecule has 0 atom stereocenters. The molecule has 6 heteroatoms. The Morgan fingerprint density at radius 2 is 2.31 bits per heavy atom. The summed E-state index contributed by atoms with van der Waals surface area (Å²) in [5, 5.41) is 6.68. The largest absolute Gasteiger partial charge is 0.281 e. The SMILES string of the molecule is O=S(=O)(Cl)Cc1cc(C2CC2)n[nH]1. The second kappa shape index (κ2) is 2.99. The van der Waals surface area contributed by atoms with Crippen LogP contribution in [-0.4, -0.2) is 18.6 Å². The Labute approximate surface area is 80.7 Å². The van der Waals surface area contributed by atoms with Crippen LogP contribution in [-0.2, 0) is 14.8 Å². The third-order valence-electron chi connectivity index (χ3n) is 1.97. The summed E-state index contributed by atoms with van der Waals surface area (Å²) in [5.41, 5.74) is 1.52. The Morgan fingerprint density at radius 3 is 2.85 bits per heavy atom. The van der Waals surface area contributed by atoms with Gasteiger partial charge in [0.1, 0.15) is 5.75 Å². The number of nitrogens with one attached hydrogen (secondary N) is 1. The van der Waals surface area contributed by atoms with Gasteiger partial charge in [-0.1, -0.05) is 0 Å². The molecule has 0 amide bonds. The molecule has 13 heavy (non-hydrogen) atoms. The maximum atomic E-state index is 10.7. The van der Waals surface area contributed by atoms with E-state index >= 15 is 0 Å². The molecule has 1 N–H and O–H groups in total. The lowest BCUT2D eigenvalue weighted by Crippen LogP contribution is -1.94. The van der Waals surface area contributed by atoms with Gasteiger partial charge >= 0.3 is 0 Å². The van der Waals surface area contributed by atoms with Gasteiger partial charge in [-0.05, 0) is 18.9 Å². The van der Waals surface area contributed by atoms with E-state index in [1.54, 1.807) is 6.07 Å². The van der Waals surface area contributed by atoms with Crippen molar-refractivity contribution in [1.82, 2.24) is 10.2 Å². The van der Waals surface area contributed by atoms with Crippen molar-refractivity contribution in [2.45, 2.75) is 24.5 Å². The summed E-state index contributed by atoms with van der Waals surface area (Å²) in [4.78, 5) is 0. The molecule has 1 aliphatic carbocycles. The minimum Gasteiger partial charge on any atom is -0.281 e. The van der Waals surface area contributed by atoms with Crippen LogP contribution in [0.2, 0.25) is 0 Å². The second-order valence-electron chi connectivity index (χ2n) is 3.28. The number of H-pyrrole nitrogens is 1. The van der Waals surface area contributed by atoms with Crippen LogP contribution >= 0.6 is 10.7 Å². The van der Waals surface area contributed by atoms with Crippen molar-refractivity contribution >= 4 is 19.7 Å². The predicted octanol–water partition coefficient (Wildman–Crippen LogP) is 1.36. The summed E-state index contributed by atoms with van der Waals surface area (Å²) >= 11 is 0. The third-order valence-corrected chi connectivity index (χ3v) is 2.96. The fourth-order valence-corrected chi connectivity index (χ4v) is 2.10. The van der Waals surface area contributed by atoms with Gasteiger partial charge in [-0.15, -0.1) is 0 Å². The van der Waals surface area contributed by atoms with Gasteiger partial charge in [0.2, 0.25) is 9.05 Å². The first kappa shape index (κ1) is 9.02. The molecule has 4 nitrogen and oxygen atoms in total. The van der Waals surface area contributed by atoms with E-state index < -0.39 is 9.05 Å². The van der Waals surface area contributed by atoms with Gasteiger partial charge in [-0.2, -0.15) is 5.10 Å². The summed E-state index contributed by atoms with van der Waals surface area (Å²) in [6, 6.07) is 1.78. The first-order valence-electron chi connectivity index (χ1n) is 4.01. The molecule has 1 aromatic heterocycles. The molecule has 1 aromatic rings. The lowest BCUT2D eigenvalue weighted by atomic mass is 10.3. The molecule has 1 heterocycles. The van der Waals surface area contributed by atoms with Crippen molar-refractivity contribution in [3.63, 3.8) is 0 Å². The quantitative estimate of drug-likeness (QED) is 0.783. The van der Waals surface area contributed by atoms with Gasteiger partial charge in [0.25, 0.3) is 0 Å². The summed E-state index contributed by atoms with van der Waals surface area (Å²) in [7, 11) is 1.63. The monoisotopic (exact) mass is 220 g/mol. The van der Waals surface area contributed by atoms with Crippen LogP contribution in [0.1, 0.15) is 30.1 Å². The average molecular weight is 221 g/mol. The second-order valence-corrected chi connectivity index (χ2v) is 6.05. The molecule has 0 saturated heterocycles. The van der Waals surface area contributed by atoms with Crippen molar-refractivity contribution in [3.8, 4) is 0 Å². The van der Waals surface area contributed by atoms with Gasteiger partial charge < -0.3 is 0 Å². The summed E-state index contributed by atoms with van der Waals surface area (Å²) in [5.74, 6) is 0.358. The molecule has 1 fully saturated rings. The third kappa shape index (κ3) is 2.45. The average Bonchev–Trinajstić information content (AvgIpc) is 2.72. The topological polar surface area (TPSA) is 62.8 Å². The summed E-state index contributed by atoms with van der Waals surface area (Å²) in [6.07, 6.45) is 2.30. The van der Waals surface area contributed by atoms with Crippen molar-refractivity contribution in [1.29, 1.82) is 0 Å². The molecule has 72 valence electrons. The Kier molecular flexibility index (Phi) is 2.08. The van der Waals surface area contributed by atoms with E-state index in [9.17, 15) is 8.42 Å². The van der Waals surface area contributed by atoms with E-state index in [4.69, 9.17) is 10.7 Å². The normalized spacial score (nSPS) is 17.6. The molecule has 2 rings (SSSR count). The van der Waals surface area contributed by atoms with E-state index in [1.165, 1.54) is 0 Å². The number of rotatable bonds is 3. The minimum absolute atomic E-state index is 0.172. The smallest absolute Gasteiger partial charge is 0.238 e. The summed E-state index contributed by atoms with van der Waals surface area (Å²) in [6.45, 7) is 0. The number of hydrogen-bond acceptors (Lipinski definition) is 3. The highest BCUT2D eigenvalue weighted by Crippen LogP contribution is 2.39. The first-order chi connectivity index (χ1) is 6.04. The molecule has 0 radical (unpaired) electrons. The zero-order chi connectivity index (χ0) is 9.47. The van der Waals surface area contributed by atoms with Crippen molar-refractivity contribution in [2.24, 2.45) is 0 Å².